The number of carbonyl (C=O) groups excluding carboxylic acids is 1. The van der Waals surface area contributed by atoms with E-state index in [-0.39, 0.29) is 23.2 Å². The molecule has 1 saturated heterocycles. The van der Waals surface area contributed by atoms with Crippen LogP contribution in [0.25, 0.3) is 0 Å². The van der Waals surface area contributed by atoms with Gasteiger partial charge in [0.05, 0.1) is 11.5 Å². The van der Waals surface area contributed by atoms with Crippen molar-refractivity contribution >= 4 is 31.7 Å². The number of furan rings is 1. The summed E-state index contributed by atoms with van der Waals surface area (Å²) in [5, 5.41) is 2.78. The molecule has 106 valence electrons. The number of amides is 1. The van der Waals surface area contributed by atoms with Gasteiger partial charge < -0.3 is 9.73 Å². The van der Waals surface area contributed by atoms with Crippen molar-refractivity contribution in [2.75, 3.05) is 18.1 Å². The molecule has 0 unspecified atom stereocenters. The maximum atomic E-state index is 11.7. The molecule has 0 spiro atoms. The van der Waals surface area contributed by atoms with Crippen molar-refractivity contribution in [2.24, 2.45) is 5.92 Å². The molecule has 0 aromatic carbocycles. The maximum absolute atomic E-state index is 11.7. The molecule has 19 heavy (non-hydrogen) atoms. The second-order valence-electron chi connectivity index (χ2n) is 4.74. The largest absolute Gasteiger partial charge is 0.444 e. The smallest absolute Gasteiger partial charge is 0.287 e. The first kappa shape index (κ1) is 14.6. The van der Waals surface area contributed by atoms with E-state index in [0.29, 0.717) is 30.0 Å². The van der Waals surface area contributed by atoms with E-state index >= 15 is 0 Å². The molecule has 1 N–H and O–H groups in total. The van der Waals surface area contributed by atoms with Crippen molar-refractivity contribution in [3.63, 3.8) is 0 Å². The van der Waals surface area contributed by atoms with E-state index in [4.69, 9.17) is 4.42 Å². The summed E-state index contributed by atoms with van der Waals surface area (Å²) >= 11 is 3.14. The minimum atomic E-state index is -2.80. The van der Waals surface area contributed by atoms with Crippen LogP contribution in [0.5, 0.6) is 0 Å². The Kier molecular flexibility index (Phi) is 4.67. The van der Waals surface area contributed by atoms with Gasteiger partial charge in [-0.2, -0.15) is 0 Å². The molecule has 1 fully saturated rings. The van der Waals surface area contributed by atoms with E-state index in [1.54, 1.807) is 12.1 Å². The van der Waals surface area contributed by atoms with Crippen molar-refractivity contribution in [3.05, 3.63) is 22.6 Å². The Morgan fingerprint density at radius 3 is 2.63 bits per heavy atom. The summed E-state index contributed by atoms with van der Waals surface area (Å²) in [5.41, 5.74) is 0. The van der Waals surface area contributed by atoms with Gasteiger partial charge in [-0.25, -0.2) is 8.42 Å². The van der Waals surface area contributed by atoms with Crippen LogP contribution >= 0.6 is 15.9 Å². The van der Waals surface area contributed by atoms with Crippen LogP contribution in [0.15, 0.2) is 21.2 Å². The summed E-state index contributed by atoms with van der Waals surface area (Å²) in [7, 11) is -2.80. The zero-order chi connectivity index (χ0) is 13.9. The molecule has 5 nitrogen and oxygen atoms in total. The van der Waals surface area contributed by atoms with Gasteiger partial charge in [0.2, 0.25) is 0 Å². The monoisotopic (exact) mass is 349 g/mol. The lowest BCUT2D eigenvalue weighted by Gasteiger charge is -2.21. The predicted octanol–water partition coefficient (Wildman–Crippen LogP) is 1.99. The molecular formula is C12H16BrNO4S. The lowest BCUT2D eigenvalue weighted by molar-refractivity contribution is 0.0922. The van der Waals surface area contributed by atoms with Crippen LogP contribution in [0.4, 0.5) is 0 Å². The van der Waals surface area contributed by atoms with Gasteiger partial charge in [0.25, 0.3) is 5.91 Å². The highest BCUT2D eigenvalue weighted by Gasteiger charge is 2.23. The van der Waals surface area contributed by atoms with Crippen molar-refractivity contribution < 1.29 is 17.6 Å². The highest BCUT2D eigenvalue weighted by molar-refractivity contribution is 9.10. The summed E-state index contributed by atoms with van der Waals surface area (Å²) in [6.45, 7) is 0.544. The van der Waals surface area contributed by atoms with Crippen LogP contribution in [0.1, 0.15) is 29.8 Å². The molecule has 2 heterocycles. The molecule has 1 aliphatic heterocycles. The molecule has 0 radical (unpaired) electrons. The molecule has 7 heteroatoms. The lowest BCUT2D eigenvalue weighted by atomic mass is 9.99. The summed E-state index contributed by atoms with van der Waals surface area (Å²) < 4.78 is 28.2. The Morgan fingerprint density at radius 2 is 2.05 bits per heavy atom. The van der Waals surface area contributed by atoms with Crippen LogP contribution in [0.3, 0.4) is 0 Å². The number of sulfone groups is 1. The topological polar surface area (TPSA) is 76.4 Å². The average molecular weight is 350 g/mol. The highest BCUT2D eigenvalue weighted by Crippen LogP contribution is 2.21. The van der Waals surface area contributed by atoms with E-state index in [2.05, 4.69) is 21.2 Å². The Morgan fingerprint density at radius 1 is 1.37 bits per heavy atom. The molecular weight excluding hydrogens is 334 g/mol. The van der Waals surface area contributed by atoms with Crippen molar-refractivity contribution in [3.8, 4) is 0 Å². The summed E-state index contributed by atoms with van der Waals surface area (Å²) in [4.78, 5) is 11.7. The van der Waals surface area contributed by atoms with Crippen LogP contribution in [-0.4, -0.2) is 32.4 Å². The van der Waals surface area contributed by atoms with Crippen molar-refractivity contribution in [2.45, 2.75) is 19.3 Å². The Balaban J connectivity index is 1.71. The lowest BCUT2D eigenvalue weighted by Crippen LogP contribution is -2.29. The first-order valence-electron chi connectivity index (χ1n) is 6.20. The van der Waals surface area contributed by atoms with E-state index in [9.17, 15) is 13.2 Å². The number of hydrogen-bond donors (Lipinski definition) is 1. The zero-order valence-electron chi connectivity index (χ0n) is 10.4. The predicted molar refractivity (Wildman–Crippen MR) is 74.7 cm³/mol. The first-order valence-corrected chi connectivity index (χ1v) is 8.82. The van der Waals surface area contributed by atoms with Gasteiger partial charge in [0, 0.05) is 6.54 Å². The third-order valence-electron chi connectivity index (χ3n) is 3.31. The summed E-state index contributed by atoms with van der Waals surface area (Å²) in [6.07, 6.45) is 2.21. The quantitative estimate of drug-likeness (QED) is 0.901. The first-order chi connectivity index (χ1) is 8.96. The standard InChI is InChI=1S/C12H16BrNO4S/c13-11-2-1-10(18-11)12(15)14-6-3-9-4-7-19(16,17)8-5-9/h1-2,9H,3-8H2,(H,14,15). The number of halogens is 1. The Hall–Kier alpha value is -0.820. The third kappa shape index (κ3) is 4.35. The fourth-order valence-corrected chi connectivity index (χ4v) is 4.04. The number of carbonyl (C=O) groups is 1. The Bertz CT molecular complexity index is 538. The zero-order valence-corrected chi connectivity index (χ0v) is 12.8. The van der Waals surface area contributed by atoms with E-state index in [1.807, 2.05) is 0 Å². The number of hydrogen-bond acceptors (Lipinski definition) is 4. The molecule has 1 aromatic rings. The van der Waals surface area contributed by atoms with E-state index < -0.39 is 9.84 Å². The van der Waals surface area contributed by atoms with Crippen LogP contribution < -0.4 is 5.32 Å². The summed E-state index contributed by atoms with van der Waals surface area (Å²) in [6, 6.07) is 3.27. The van der Waals surface area contributed by atoms with Gasteiger partial charge in [0.1, 0.15) is 9.84 Å². The molecule has 1 aliphatic rings. The van der Waals surface area contributed by atoms with Gasteiger partial charge in [-0.05, 0) is 53.2 Å². The third-order valence-corrected chi connectivity index (χ3v) is 5.45. The molecule has 1 aromatic heterocycles. The van der Waals surface area contributed by atoms with Gasteiger partial charge in [0.15, 0.2) is 10.4 Å². The second kappa shape index (κ2) is 6.09. The SMILES string of the molecule is O=C(NCCC1CCS(=O)(=O)CC1)c1ccc(Br)o1. The van der Waals surface area contributed by atoms with Crippen molar-refractivity contribution in [1.82, 2.24) is 5.32 Å². The fourth-order valence-electron chi connectivity index (χ4n) is 2.14. The number of nitrogens with one attached hydrogen (secondary N) is 1. The van der Waals surface area contributed by atoms with Gasteiger partial charge in [-0.15, -0.1) is 0 Å². The minimum absolute atomic E-state index is 0.242. The van der Waals surface area contributed by atoms with Gasteiger partial charge in [-0.1, -0.05) is 0 Å². The van der Waals surface area contributed by atoms with Gasteiger partial charge in [-0.3, -0.25) is 4.79 Å². The number of rotatable bonds is 4. The maximum Gasteiger partial charge on any atom is 0.287 e. The molecule has 1 amide bonds. The molecule has 0 saturated carbocycles. The van der Waals surface area contributed by atoms with Crippen LogP contribution in [-0.2, 0) is 9.84 Å². The average Bonchev–Trinajstić information content (AvgIpc) is 2.78. The van der Waals surface area contributed by atoms with E-state index in [0.717, 1.165) is 6.42 Å². The van der Waals surface area contributed by atoms with Crippen LogP contribution in [0.2, 0.25) is 0 Å². The van der Waals surface area contributed by atoms with Crippen LogP contribution in [0, 0.1) is 5.92 Å². The summed E-state index contributed by atoms with van der Waals surface area (Å²) in [5.74, 6) is 0.965. The second-order valence-corrected chi connectivity index (χ2v) is 7.83. The normalized spacial score (nSPS) is 19.2. The van der Waals surface area contributed by atoms with E-state index in [1.165, 1.54) is 0 Å². The molecule has 0 aliphatic carbocycles. The minimum Gasteiger partial charge on any atom is -0.444 e. The molecule has 0 atom stereocenters. The van der Waals surface area contributed by atoms with Gasteiger partial charge >= 0.3 is 0 Å². The Labute approximate surface area is 120 Å². The molecule has 2 rings (SSSR count). The highest BCUT2D eigenvalue weighted by atomic mass is 79.9. The fraction of sp³-hybridized carbons (Fsp3) is 0.583. The molecule has 0 bridgehead atoms. The van der Waals surface area contributed by atoms with Crippen molar-refractivity contribution in [1.29, 1.82) is 0 Å².